The van der Waals surface area contributed by atoms with E-state index in [1.807, 2.05) is 97.9 Å². The molecule has 3 aromatic rings. The highest BCUT2D eigenvalue weighted by Crippen LogP contribution is 2.20. The number of nitrogens with one attached hydrogen (secondary N) is 1. The molecule has 4 nitrogen and oxygen atoms in total. The minimum atomic E-state index is -0.562. The van der Waals surface area contributed by atoms with E-state index in [-0.39, 0.29) is 11.8 Å². The fourth-order valence-corrected chi connectivity index (χ4v) is 4.48. The third-order valence-corrected chi connectivity index (χ3v) is 6.36. The van der Waals surface area contributed by atoms with Gasteiger partial charge in [0.25, 0.3) is 0 Å². The Morgan fingerprint density at radius 3 is 2.03 bits per heavy atom. The third kappa shape index (κ3) is 8.10. The van der Waals surface area contributed by atoms with E-state index < -0.39 is 6.04 Å². The number of rotatable bonds is 12. The Morgan fingerprint density at radius 2 is 1.42 bits per heavy atom. The van der Waals surface area contributed by atoms with Crippen molar-refractivity contribution >= 4 is 23.6 Å². The smallest absolute Gasteiger partial charge is 0.243 e. The molecule has 3 aromatic carbocycles. The number of hydrogen-bond acceptors (Lipinski definition) is 3. The van der Waals surface area contributed by atoms with Crippen LogP contribution in [0.2, 0.25) is 0 Å². The van der Waals surface area contributed by atoms with Crippen molar-refractivity contribution in [1.29, 1.82) is 0 Å². The molecule has 0 spiro atoms. The molecule has 0 saturated heterocycles. The minimum absolute atomic E-state index is 0.00476. The molecule has 0 bridgehead atoms. The van der Waals surface area contributed by atoms with Gasteiger partial charge in [0.1, 0.15) is 6.04 Å². The maximum Gasteiger partial charge on any atom is 0.243 e. The number of carbonyl (C=O) groups excluding carboxylic acids is 2. The van der Waals surface area contributed by atoms with Gasteiger partial charge in [0.05, 0.1) is 0 Å². The van der Waals surface area contributed by atoms with Gasteiger partial charge in [-0.05, 0) is 29.7 Å². The van der Waals surface area contributed by atoms with Crippen LogP contribution in [0, 0.1) is 0 Å². The molecule has 0 aliphatic carbocycles. The maximum absolute atomic E-state index is 13.5. The number of amides is 2. The molecule has 0 aliphatic rings. The lowest BCUT2D eigenvalue weighted by Gasteiger charge is -2.31. The predicted octanol–water partition coefficient (Wildman–Crippen LogP) is 5.34. The van der Waals surface area contributed by atoms with Crippen molar-refractivity contribution < 1.29 is 9.59 Å². The Bertz CT molecular complexity index is 981. The molecule has 33 heavy (non-hydrogen) atoms. The molecule has 0 radical (unpaired) electrons. The van der Waals surface area contributed by atoms with Crippen LogP contribution in [-0.2, 0) is 22.6 Å². The Labute approximate surface area is 201 Å². The summed E-state index contributed by atoms with van der Waals surface area (Å²) in [6.45, 7) is 3.04. The van der Waals surface area contributed by atoms with Crippen molar-refractivity contribution in [3.63, 3.8) is 0 Å². The summed E-state index contributed by atoms with van der Waals surface area (Å²) in [5, 5.41) is 3.02. The minimum Gasteiger partial charge on any atom is -0.354 e. The van der Waals surface area contributed by atoms with Gasteiger partial charge in [-0.15, -0.1) is 11.8 Å². The van der Waals surface area contributed by atoms with Gasteiger partial charge in [0.2, 0.25) is 11.8 Å². The SMILES string of the molecule is CCCNC(=O)C(Cc1ccccc1)N(Cc1ccccc1)C(=O)CCSc1ccccc1. The summed E-state index contributed by atoms with van der Waals surface area (Å²) in [6, 6.07) is 29.3. The molecule has 172 valence electrons. The number of thioether (sulfide) groups is 1. The van der Waals surface area contributed by atoms with E-state index in [0.29, 0.717) is 31.7 Å². The average Bonchev–Trinajstić information content (AvgIpc) is 2.86. The second kappa shape index (κ2) is 13.5. The first-order valence-electron chi connectivity index (χ1n) is 11.5. The number of hydrogen-bond donors (Lipinski definition) is 1. The zero-order valence-electron chi connectivity index (χ0n) is 19.2. The van der Waals surface area contributed by atoms with Crippen molar-refractivity contribution in [1.82, 2.24) is 10.2 Å². The van der Waals surface area contributed by atoms with E-state index in [1.165, 1.54) is 0 Å². The lowest BCUT2D eigenvalue weighted by molar-refractivity contribution is -0.141. The topological polar surface area (TPSA) is 49.4 Å². The van der Waals surface area contributed by atoms with Gasteiger partial charge in [0, 0.05) is 36.6 Å². The average molecular weight is 461 g/mol. The summed E-state index contributed by atoms with van der Waals surface area (Å²) < 4.78 is 0. The Hall–Kier alpha value is -3.05. The Balaban J connectivity index is 1.80. The van der Waals surface area contributed by atoms with Gasteiger partial charge in [-0.25, -0.2) is 0 Å². The Kier molecular flexibility index (Phi) is 10.0. The lowest BCUT2D eigenvalue weighted by Crippen LogP contribution is -2.50. The summed E-state index contributed by atoms with van der Waals surface area (Å²) in [6.07, 6.45) is 1.71. The van der Waals surface area contributed by atoms with Crippen LogP contribution in [0.3, 0.4) is 0 Å². The van der Waals surface area contributed by atoms with Crippen LogP contribution in [0.4, 0.5) is 0 Å². The van der Waals surface area contributed by atoms with Crippen LogP contribution in [0.15, 0.2) is 95.9 Å². The fraction of sp³-hybridized carbons (Fsp3) is 0.286. The molecule has 1 atom stereocenters. The van der Waals surface area contributed by atoms with E-state index in [9.17, 15) is 9.59 Å². The fourth-order valence-electron chi connectivity index (χ4n) is 3.62. The van der Waals surface area contributed by atoms with E-state index >= 15 is 0 Å². The van der Waals surface area contributed by atoms with Crippen molar-refractivity contribution in [3.8, 4) is 0 Å². The zero-order chi connectivity index (χ0) is 23.3. The van der Waals surface area contributed by atoms with Gasteiger partial charge in [-0.2, -0.15) is 0 Å². The number of nitrogens with zero attached hydrogens (tertiary/aromatic N) is 1. The summed E-state index contributed by atoms with van der Waals surface area (Å²) >= 11 is 1.66. The molecular formula is C28H32N2O2S. The van der Waals surface area contributed by atoms with Crippen molar-refractivity contribution in [2.75, 3.05) is 12.3 Å². The highest BCUT2D eigenvalue weighted by molar-refractivity contribution is 7.99. The highest BCUT2D eigenvalue weighted by Gasteiger charge is 2.29. The molecule has 3 rings (SSSR count). The van der Waals surface area contributed by atoms with Crippen LogP contribution < -0.4 is 5.32 Å². The van der Waals surface area contributed by atoms with Crippen LogP contribution in [0.1, 0.15) is 30.9 Å². The van der Waals surface area contributed by atoms with Crippen molar-refractivity contribution in [2.45, 2.75) is 43.7 Å². The standard InChI is InChI=1S/C28H32N2O2S/c1-2-19-29-28(32)26(21-23-12-6-3-7-13-23)30(22-24-14-8-4-9-15-24)27(31)18-20-33-25-16-10-5-11-17-25/h3-17,26H,2,18-22H2,1H3,(H,29,32). The van der Waals surface area contributed by atoms with Gasteiger partial charge < -0.3 is 10.2 Å². The predicted molar refractivity (Wildman–Crippen MR) is 136 cm³/mol. The molecule has 0 aliphatic heterocycles. The second-order valence-electron chi connectivity index (χ2n) is 7.92. The molecule has 0 fully saturated rings. The second-order valence-corrected chi connectivity index (χ2v) is 9.08. The molecule has 0 heterocycles. The molecule has 1 N–H and O–H groups in total. The molecule has 5 heteroatoms. The third-order valence-electron chi connectivity index (χ3n) is 5.34. The molecule has 0 aromatic heterocycles. The maximum atomic E-state index is 13.5. The van der Waals surface area contributed by atoms with E-state index in [2.05, 4.69) is 5.32 Å². The molecular weight excluding hydrogens is 428 g/mol. The van der Waals surface area contributed by atoms with Crippen LogP contribution in [0.25, 0.3) is 0 Å². The number of carbonyl (C=O) groups is 2. The van der Waals surface area contributed by atoms with Crippen LogP contribution >= 0.6 is 11.8 Å². The van der Waals surface area contributed by atoms with Gasteiger partial charge >= 0.3 is 0 Å². The zero-order valence-corrected chi connectivity index (χ0v) is 20.0. The first-order valence-corrected chi connectivity index (χ1v) is 12.5. The molecule has 0 saturated carbocycles. The van der Waals surface area contributed by atoms with Gasteiger partial charge in [0.15, 0.2) is 0 Å². The number of benzene rings is 3. The van der Waals surface area contributed by atoms with Crippen LogP contribution in [-0.4, -0.2) is 35.1 Å². The first kappa shape index (κ1) is 24.6. The van der Waals surface area contributed by atoms with Crippen molar-refractivity contribution in [2.24, 2.45) is 0 Å². The quantitative estimate of drug-likeness (QED) is 0.372. The van der Waals surface area contributed by atoms with Crippen molar-refractivity contribution in [3.05, 3.63) is 102 Å². The monoisotopic (exact) mass is 460 g/mol. The van der Waals surface area contributed by atoms with E-state index in [0.717, 1.165) is 22.4 Å². The van der Waals surface area contributed by atoms with Gasteiger partial charge in [-0.1, -0.05) is 85.8 Å². The molecule has 1 unspecified atom stereocenters. The largest absolute Gasteiger partial charge is 0.354 e. The van der Waals surface area contributed by atoms with E-state index in [1.54, 1.807) is 16.7 Å². The van der Waals surface area contributed by atoms with Crippen LogP contribution in [0.5, 0.6) is 0 Å². The lowest BCUT2D eigenvalue weighted by atomic mass is 10.0. The van der Waals surface area contributed by atoms with E-state index in [4.69, 9.17) is 0 Å². The van der Waals surface area contributed by atoms with Gasteiger partial charge in [-0.3, -0.25) is 9.59 Å². The summed E-state index contributed by atoms with van der Waals surface area (Å²) in [5.41, 5.74) is 2.06. The summed E-state index contributed by atoms with van der Waals surface area (Å²) in [7, 11) is 0. The normalized spacial score (nSPS) is 11.5. The summed E-state index contributed by atoms with van der Waals surface area (Å²) in [4.78, 5) is 29.6. The Morgan fingerprint density at radius 1 is 0.848 bits per heavy atom. The summed E-state index contributed by atoms with van der Waals surface area (Å²) in [5.74, 6) is 0.568. The molecule has 2 amide bonds. The first-order chi connectivity index (χ1) is 16.2. The highest BCUT2D eigenvalue weighted by atomic mass is 32.2.